The highest BCUT2D eigenvalue weighted by Crippen LogP contribution is 2.26. The Hall–Kier alpha value is -1.20. The predicted octanol–water partition coefficient (Wildman–Crippen LogP) is 3.42. The highest BCUT2D eigenvalue weighted by atomic mass is 79.9. The molecule has 0 aliphatic rings. The van der Waals surface area contributed by atoms with Crippen LogP contribution >= 0.6 is 15.9 Å². The number of rotatable bonds is 4. The van der Waals surface area contributed by atoms with Crippen LogP contribution in [0.5, 0.6) is 0 Å². The Morgan fingerprint density at radius 2 is 2.11 bits per heavy atom. The first-order valence-corrected chi connectivity index (χ1v) is 7.13. The first-order chi connectivity index (χ1) is 9.06. The molecule has 0 spiro atoms. The number of halogens is 2. The summed E-state index contributed by atoms with van der Waals surface area (Å²) in [4.78, 5) is 0. The van der Waals surface area contributed by atoms with Gasteiger partial charge in [0.25, 0.3) is 0 Å². The average molecular weight is 326 g/mol. The van der Waals surface area contributed by atoms with E-state index in [1.807, 2.05) is 24.6 Å². The maximum Gasteiger partial charge on any atom is 0.128 e. The zero-order chi connectivity index (χ0) is 14.0. The molecule has 1 aromatic carbocycles. The molecule has 0 radical (unpaired) electrons. The van der Waals surface area contributed by atoms with E-state index in [1.54, 1.807) is 12.1 Å². The normalized spacial score (nSPS) is 12.7. The molecule has 2 aromatic rings. The van der Waals surface area contributed by atoms with Crippen molar-refractivity contribution in [3.63, 3.8) is 0 Å². The second-order valence-corrected chi connectivity index (χ2v) is 5.29. The van der Waals surface area contributed by atoms with Gasteiger partial charge in [-0.1, -0.05) is 22.9 Å². The van der Waals surface area contributed by atoms with Gasteiger partial charge in [0.05, 0.1) is 17.4 Å². The van der Waals surface area contributed by atoms with Crippen molar-refractivity contribution in [1.29, 1.82) is 0 Å². The van der Waals surface area contributed by atoms with Crippen molar-refractivity contribution in [3.8, 4) is 0 Å². The molecule has 2 rings (SSSR count). The summed E-state index contributed by atoms with van der Waals surface area (Å²) in [6.07, 6.45) is 0.841. The lowest BCUT2D eigenvalue weighted by Gasteiger charge is -2.14. The van der Waals surface area contributed by atoms with Crippen LogP contribution in [0.2, 0.25) is 0 Å². The van der Waals surface area contributed by atoms with Crippen molar-refractivity contribution in [2.75, 3.05) is 0 Å². The molecule has 0 aliphatic heterocycles. The molecular formula is C14H17BrFN3. The summed E-state index contributed by atoms with van der Waals surface area (Å²) in [5.41, 5.74) is 8.51. The molecule has 0 saturated carbocycles. The monoisotopic (exact) mass is 325 g/mol. The molecule has 0 fully saturated rings. The Kier molecular flexibility index (Phi) is 4.37. The summed E-state index contributed by atoms with van der Waals surface area (Å²) >= 11 is 3.35. The second kappa shape index (κ2) is 5.84. The van der Waals surface area contributed by atoms with Gasteiger partial charge in [0.2, 0.25) is 0 Å². The largest absolute Gasteiger partial charge is 0.319 e. The molecule has 1 aromatic heterocycles. The zero-order valence-corrected chi connectivity index (χ0v) is 12.6. The summed E-state index contributed by atoms with van der Waals surface area (Å²) in [5.74, 6) is -0.294. The van der Waals surface area contributed by atoms with E-state index in [9.17, 15) is 4.39 Å². The van der Waals surface area contributed by atoms with Crippen molar-refractivity contribution in [3.05, 3.63) is 51.5 Å². The van der Waals surface area contributed by atoms with Crippen molar-refractivity contribution in [2.45, 2.75) is 32.9 Å². The molecule has 102 valence electrons. The first-order valence-electron chi connectivity index (χ1n) is 6.34. The topological polar surface area (TPSA) is 43.8 Å². The maximum atomic E-state index is 13.9. The SMILES string of the molecule is CCc1cc(C(N)c2cc(Br)ccc2F)n(CC)n1. The summed E-state index contributed by atoms with van der Waals surface area (Å²) in [5, 5.41) is 4.45. The van der Waals surface area contributed by atoms with Crippen LogP contribution in [0, 0.1) is 5.82 Å². The molecule has 1 heterocycles. The van der Waals surface area contributed by atoms with E-state index in [0.29, 0.717) is 5.56 Å². The summed E-state index contributed by atoms with van der Waals surface area (Å²) in [7, 11) is 0. The van der Waals surface area contributed by atoms with Gasteiger partial charge in [-0.2, -0.15) is 5.10 Å². The van der Waals surface area contributed by atoms with E-state index in [2.05, 4.69) is 21.0 Å². The van der Waals surface area contributed by atoms with Gasteiger partial charge in [-0.05, 0) is 37.6 Å². The van der Waals surface area contributed by atoms with E-state index < -0.39 is 6.04 Å². The Bertz CT molecular complexity index is 580. The molecule has 1 atom stereocenters. The van der Waals surface area contributed by atoms with Gasteiger partial charge in [0.1, 0.15) is 5.82 Å². The van der Waals surface area contributed by atoms with E-state index in [0.717, 1.165) is 28.8 Å². The minimum Gasteiger partial charge on any atom is -0.319 e. The third kappa shape index (κ3) is 2.87. The van der Waals surface area contributed by atoms with Gasteiger partial charge in [-0.25, -0.2) is 4.39 Å². The van der Waals surface area contributed by atoms with Crippen LogP contribution in [-0.4, -0.2) is 9.78 Å². The molecule has 5 heteroatoms. The van der Waals surface area contributed by atoms with Gasteiger partial charge in [-0.15, -0.1) is 0 Å². The first kappa shape index (κ1) is 14.2. The number of nitrogens with two attached hydrogens (primary N) is 1. The number of nitrogens with zero attached hydrogens (tertiary/aromatic N) is 2. The fraction of sp³-hybridized carbons (Fsp3) is 0.357. The van der Waals surface area contributed by atoms with Crippen LogP contribution in [-0.2, 0) is 13.0 Å². The molecule has 2 N–H and O–H groups in total. The number of hydrogen-bond donors (Lipinski definition) is 1. The predicted molar refractivity (Wildman–Crippen MR) is 77.4 cm³/mol. The van der Waals surface area contributed by atoms with Gasteiger partial charge in [0, 0.05) is 16.6 Å². The molecule has 0 saturated heterocycles. The zero-order valence-electron chi connectivity index (χ0n) is 11.0. The fourth-order valence-corrected chi connectivity index (χ4v) is 2.45. The van der Waals surface area contributed by atoms with Crippen molar-refractivity contribution in [2.24, 2.45) is 5.73 Å². The highest BCUT2D eigenvalue weighted by Gasteiger charge is 2.19. The Morgan fingerprint density at radius 3 is 2.74 bits per heavy atom. The number of hydrogen-bond acceptors (Lipinski definition) is 2. The van der Waals surface area contributed by atoms with Crippen LogP contribution in [0.4, 0.5) is 4.39 Å². The summed E-state index contributed by atoms with van der Waals surface area (Å²) < 4.78 is 16.6. The summed E-state index contributed by atoms with van der Waals surface area (Å²) in [6, 6.07) is 6.25. The number of aryl methyl sites for hydroxylation is 2. The van der Waals surface area contributed by atoms with Crippen LogP contribution in [0.1, 0.15) is 36.8 Å². The minimum absolute atomic E-state index is 0.294. The van der Waals surface area contributed by atoms with Crippen molar-refractivity contribution >= 4 is 15.9 Å². The van der Waals surface area contributed by atoms with Gasteiger partial charge >= 0.3 is 0 Å². The molecule has 3 nitrogen and oxygen atoms in total. The van der Waals surface area contributed by atoms with Crippen LogP contribution in [0.25, 0.3) is 0 Å². The Morgan fingerprint density at radius 1 is 1.37 bits per heavy atom. The van der Waals surface area contributed by atoms with E-state index >= 15 is 0 Å². The lowest BCUT2D eigenvalue weighted by atomic mass is 10.0. The van der Waals surface area contributed by atoms with Gasteiger partial charge in [-0.3, -0.25) is 4.68 Å². The van der Waals surface area contributed by atoms with E-state index in [4.69, 9.17) is 5.73 Å². The van der Waals surface area contributed by atoms with Crippen molar-refractivity contribution < 1.29 is 4.39 Å². The van der Waals surface area contributed by atoms with Crippen molar-refractivity contribution in [1.82, 2.24) is 9.78 Å². The number of aromatic nitrogens is 2. The third-order valence-electron chi connectivity index (χ3n) is 3.14. The second-order valence-electron chi connectivity index (χ2n) is 4.37. The average Bonchev–Trinajstić information content (AvgIpc) is 2.84. The molecule has 0 bridgehead atoms. The van der Waals surface area contributed by atoms with E-state index in [-0.39, 0.29) is 5.82 Å². The molecule has 19 heavy (non-hydrogen) atoms. The van der Waals surface area contributed by atoms with E-state index in [1.165, 1.54) is 6.07 Å². The molecule has 0 amide bonds. The lowest BCUT2D eigenvalue weighted by molar-refractivity contribution is 0.565. The highest BCUT2D eigenvalue weighted by molar-refractivity contribution is 9.10. The molecule has 0 aliphatic carbocycles. The van der Waals surface area contributed by atoms with Crippen LogP contribution < -0.4 is 5.73 Å². The number of benzene rings is 1. The Balaban J connectivity index is 2.45. The van der Waals surface area contributed by atoms with Crippen LogP contribution in [0.3, 0.4) is 0 Å². The molecule has 1 unspecified atom stereocenters. The lowest BCUT2D eigenvalue weighted by Crippen LogP contribution is -2.18. The summed E-state index contributed by atoms with van der Waals surface area (Å²) in [6.45, 7) is 4.76. The minimum atomic E-state index is -0.509. The van der Waals surface area contributed by atoms with Crippen LogP contribution in [0.15, 0.2) is 28.7 Å². The smallest absolute Gasteiger partial charge is 0.128 e. The maximum absolute atomic E-state index is 13.9. The van der Waals surface area contributed by atoms with Gasteiger partial charge < -0.3 is 5.73 Å². The quantitative estimate of drug-likeness (QED) is 0.936. The Labute approximate surface area is 120 Å². The fourth-order valence-electron chi connectivity index (χ4n) is 2.08. The van der Waals surface area contributed by atoms with Gasteiger partial charge in [0.15, 0.2) is 0 Å². The third-order valence-corrected chi connectivity index (χ3v) is 3.63. The standard InChI is InChI=1S/C14H17BrFN3/c1-3-10-8-13(19(4-2)18-10)14(17)11-7-9(15)5-6-12(11)16/h5-8,14H,3-4,17H2,1-2H3. The molecular weight excluding hydrogens is 309 g/mol.